The van der Waals surface area contributed by atoms with Crippen molar-refractivity contribution in [3.63, 3.8) is 0 Å². The Labute approximate surface area is 211 Å². The standard InChI is InChI=1S/C23H21F6N5O2S/c1-11(2)17(18(35)32-21-34-33-19(37-21)13-6-4-5-12(3)7-13)31-20(36)30-16-9-14(22(24,25)26)8-15(10-16)23(27,28)29/h4-11,17H,1-3H3,(H2,30,31,36)(H,32,34,35)/t17-/m0/s1. The van der Waals surface area contributed by atoms with E-state index in [-0.39, 0.29) is 11.2 Å². The van der Waals surface area contributed by atoms with Crippen LogP contribution < -0.4 is 16.0 Å². The lowest BCUT2D eigenvalue weighted by atomic mass is 10.0. The van der Waals surface area contributed by atoms with E-state index in [0.29, 0.717) is 17.1 Å². The molecule has 0 bridgehead atoms. The van der Waals surface area contributed by atoms with Crippen molar-refractivity contribution in [1.82, 2.24) is 15.5 Å². The first-order valence-corrected chi connectivity index (χ1v) is 11.5. The summed E-state index contributed by atoms with van der Waals surface area (Å²) in [4.78, 5) is 25.2. The smallest absolute Gasteiger partial charge is 0.326 e. The van der Waals surface area contributed by atoms with Gasteiger partial charge in [0.15, 0.2) is 0 Å². The van der Waals surface area contributed by atoms with E-state index in [2.05, 4.69) is 20.8 Å². The number of nitrogens with zero attached hydrogens (tertiary/aromatic N) is 2. The summed E-state index contributed by atoms with van der Waals surface area (Å²) >= 11 is 1.09. The molecule has 1 atom stereocenters. The van der Waals surface area contributed by atoms with Gasteiger partial charge in [0.2, 0.25) is 11.0 Å². The van der Waals surface area contributed by atoms with Gasteiger partial charge in [0.1, 0.15) is 11.0 Å². The Morgan fingerprint density at radius 1 is 0.892 bits per heavy atom. The molecule has 0 saturated carbocycles. The molecular formula is C23H21F6N5O2S. The summed E-state index contributed by atoms with van der Waals surface area (Å²) < 4.78 is 78.4. The van der Waals surface area contributed by atoms with Gasteiger partial charge in [0, 0.05) is 11.3 Å². The number of rotatable bonds is 6. The van der Waals surface area contributed by atoms with Crippen molar-refractivity contribution in [1.29, 1.82) is 0 Å². The van der Waals surface area contributed by atoms with Crippen LogP contribution in [-0.2, 0) is 17.1 Å². The van der Waals surface area contributed by atoms with E-state index >= 15 is 0 Å². The zero-order valence-corrected chi connectivity index (χ0v) is 20.4. The van der Waals surface area contributed by atoms with Gasteiger partial charge in [-0.3, -0.25) is 10.1 Å². The molecule has 2 aromatic carbocycles. The van der Waals surface area contributed by atoms with Gasteiger partial charge in [0.25, 0.3) is 0 Å². The minimum Gasteiger partial charge on any atom is -0.326 e. The van der Waals surface area contributed by atoms with Crippen LogP contribution >= 0.6 is 11.3 Å². The number of nitrogens with one attached hydrogen (secondary N) is 3. The number of aryl methyl sites for hydroxylation is 1. The monoisotopic (exact) mass is 545 g/mol. The van der Waals surface area contributed by atoms with Crippen LogP contribution in [-0.4, -0.2) is 28.2 Å². The van der Waals surface area contributed by atoms with E-state index in [0.717, 1.165) is 22.5 Å². The maximum atomic E-state index is 13.1. The van der Waals surface area contributed by atoms with Crippen LogP contribution in [0.2, 0.25) is 0 Å². The first kappa shape index (κ1) is 27.9. The lowest BCUT2D eigenvalue weighted by Crippen LogP contribution is -2.48. The first-order valence-electron chi connectivity index (χ1n) is 10.7. The Kier molecular flexibility index (Phi) is 8.10. The summed E-state index contributed by atoms with van der Waals surface area (Å²) in [5.74, 6) is -1.20. The van der Waals surface area contributed by atoms with Crippen LogP contribution in [0.25, 0.3) is 10.6 Å². The van der Waals surface area contributed by atoms with E-state index in [1.807, 2.05) is 36.5 Å². The largest absolute Gasteiger partial charge is 0.416 e. The number of urea groups is 1. The minimum atomic E-state index is -5.08. The zero-order valence-electron chi connectivity index (χ0n) is 19.6. The Hall–Kier alpha value is -3.68. The number of aromatic nitrogens is 2. The van der Waals surface area contributed by atoms with Crippen molar-refractivity contribution in [2.24, 2.45) is 5.92 Å². The highest BCUT2D eigenvalue weighted by Crippen LogP contribution is 2.37. The van der Waals surface area contributed by atoms with Crippen molar-refractivity contribution in [2.75, 3.05) is 10.6 Å². The number of alkyl halides is 6. The molecule has 0 radical (unpaired) electrons. The highest BCUT2D eigenvalue weighted by Gasteiger charge is 2.37. The molecule has 3 amide bonds. The van der Waals surface area contributed by atoms with Crippen LogP contribution in [0.4, 0.5) is 42.0 Å². The minimum absolute atomic E-state index is 0.0550. The molecule has 0 unspecified atom stereocenters. The Morgan fingerprint density at radius 2 is 1.51 bits per heavy atom. The second-order valence-corrected chi connectivity index (χ2v) is 9.36. The molecule has 0 spiro atoms. The highest BCUT2D eigenvalue weighted by molar-refractivity contribution is 7.18. The number of halogens is 6. The summed E-state index contributed by atoms with van der Waals surface area (Å²) in [6, 6.07) is 5.76. The number of carbonyl (C=O) groups excluding carboxylic acids is 2. The normalized spacial score (nSPS) is 12.8. The van der Waals surface area contributed by atoms with Gasteiger partial charge in [-0.15, -0.1) is 10.2 Å². The number of amides is 3. The maximum absolute atomic E-state index is 13.1. The summed E-state index contributed by atoms with van der Waals surface area (Å²) in [5, 5.41) is 15.4. The molecule has 0 saturated heterocycles. The molecule has 0 aliphatic rings. The molecule has 0 aliphatic heterocycles. The van der Waals surface area contributed by atoms with E-state index in [1.165, 1.54) is 0 Å². The van der Waals surface area contributed by atoms with E-state index in [9.17, 15) is 35.9 Å². The van der Waals surface area contributed by atoms with Crippen LogP contribution in [0.15, 0.2) is 42.5 Å². The predicted molar refractivity (Wildman–Crippen MR) is 126 cm³/mol. The second kappa shape index (κ2) is 10.7. The number of carbonyl (C=O) groups is 2. The average Bonchev–Trinajstić information content (AvgIpc) is 3.24. The van der Waals surface area contributed by atoms with Crippen molar-refractivity contribution >= 4 is 34.1 Å². The van der Waals surface area contributed by atoms with Gasteiger partial charge < -0.3 is 10.6 Å². The molecule has 0 aliphatic carbocycles. The maximum Gasteiger partial charge on any atom is 0.416 e. The number of hydrogen-bond acceptors (Lipinski definition) is 5. The van der Waals surface area contributed by atoms with Gasteiger partial charge in [0.05, 0.1) is 11.1 Å². The predicted octanol–water partition coefficient (Wildman–Crippen LogP) is 6.34. The van der Waals surface area contributed by atoms with Crippen LogP contribution in [0.3, 0.4) is 0 Å². The van der Waals surface area contributed by atoms with Crippen molar-refractivity contribution in [3.05, 3.63) is 59.2 Å². The van der Waals surface area contributed by atoms with Crippen LogP contribution in [0.1, 0.15) is 30.5 Å². The summed E-state index contributed by atoms with van der Waals surface area (Å²) in [7, 11) is 0. The summed E-state index contributed by atoms with van der Waals surface area (Å²) in [6.45, 7) is 5.09. The molecular weight excluding hydrogens is 524 g/mol. The van der Waals surface area contributed by atoms with E-state index in [4.69, 9.17) is 0 Å². The van der Waals surface area contributed by atoms with Crippen LogP contribution in [0, 0.1) is 12.8 Å². The fourth-order valence-electron chi connectivity index (χ4n) is 3.22. The molecule has 7 nitrogen and oxygen atoms in total. The molecule has 198 valence electrons. The molecule has 3 aromatic rings. The molecule has 1 heterocycles. The molecule has 37 heavy (non-hydrogen) atoms. The lowest BCUT2D eigenvalue weighted by molar-refractivity contribution is -0.143. The average molecular weight is 546 g/mol. The molecule has 1 aromatic heterocycles. The zero-order chi connectivity index (χ0) is 27.5. The lowest BCUT2D eigenvalue weighted by Gasteiger charge is -2.21. The summed E-state index contributed by atoms with van der Waals surface area (Å²) in [6.07, 6.45) is -10.2. The van der Waals surface area contributed by atoms with Gasteiger partial charge in [-0.05, 0) is 37.1 Å². The Morgan fingerprint density at radius 3 is 2.05 bits per heavy atom. The number of benzene rings is 2. The van der Waals surface area contributed by atoms with E-state index < -0.39 is 53.1 Å². The molecule has 14 heteroatoms. The third-order valence-corrected chi connectivity index (χ3v) is 5.89. The van der Waals surface area contributed by atoms with Crippen LogP contribution in [0.5, 0.6) is 0 Å². The summed E-state index contributed by atoms with van der Waals surface area (Å²) in [5.41, 5.74) is -2.13. The van der Waals surface area contributed by atoms with Crippen molar-refractivity contribution in [3.8, 4) is 10.6 Å². The number of hydrogen-bond donors (Lipinski definition) is 3. The fourth-order valence-corrected chi connectivity index (χ4v) is 3.96. The Balaban J connectivity index is 1.73. The van der Waals surface area contributed by atoms with Gasteiger partial charge in [-0.25, -0.2) is 4.79 Å². The number of anilines is 2. The third kappa shape index (κ3) is 7.41. The van der Waals surface area contributed by atoms with Crippen molar-refractivity contribution in [2.45, 2.75) is 39.2 Å². The first-order chi connectivity index (χ1) is 17.1. The third-order valence-electron chi connectivity index (χ3n) is 5.00. The quantitative estimate of drug-likeness (QED) is 0.315. The van der Waals surface area contributed by atoms with E-state index in [1.54, 1.807) is 13.8 Å². The molecule has 0 fully saturated rings. The second-order valence-electron chi connectivity index (χ2n) is 8.39. The van der Waals surface area contributed by atoms with Gasteiger partial charge >= 0.3 is 18.4 Å². The van der Waals surface area contributed by atoms with Gasteiger partial charge in [-0.1, -0.05) is 48.9 Å². The SMILES string of the molecule is Cc1cccc(-c2nnc(NC(=O)[C@@H](NC(=O)Nc3cc(C(F)(F)F)cc(C(F)(F)F)c3)C(C)C)s2)c1. The highest BCUT2D eigenvalue weighted by atomic mass is 32.1. The molecule has 3 rings (SSSR count). The Bertz CT molecular complexity index is 1260. The van der Waals surface area contributed by atoms with Gasteiger partial charge in [-0.2, -0.15) is 26.3 Å². The molecule has 3 N–H and O–H groups in total. The van der Waals surface area contributed by atoms with Crippen molar-refractivity contribution < 1.29 is 35.9 Å². The fraction of sp³-hybridized carbons (Fsp3) is 0.304. The topological polar surface area (TPSA) is 96.0 Å².